The van der Waals surface area contributed by atoms with Crippen molar-refractivity contribution in [2.24, 2.45) is 0 Å². The fourth-order valence-corrected chi connectivity index (χ4v) is 28.7. The quantitative estimate of drug-likeness (QED) is 0.0728. The highest BCUT2D eigenvalue weighted by Crippen LogP contribution is 2.87. The molecule has 2 aliphatic heterocycles. The van der Waals surface area contributed by atoms with Crippen molar-refractivity contribution in [3.8, 4) is 0 Å². The first-order valence-electron chi connectivity index (χ1n) is 33.5. The van der Waals surface area contributed by atoms with Gasteiger partial charge in [0.05, 0.1) is 25.0 Å². The standard InChI is InChI=1S/C81H34N2O6/c1-88-78(86)76-80-72-64-56-46-36-28-20-18-19-22-26-24(20)32-40-34(26)44-38-30(22)31-23(19)27-25-21(18)29(28)37-43-33(25)41-35(27)45-39(31)49-48(38)58-52(44)62-54(40)60(50(56)42(32)36)68(72)70(62)74-66(58)67-59(49)53(45)63-55(41)61-51(43)57(47(37)46)65(64)73(80)69(61)71(63)75(67)81(74,80)77(79(87)89-2)83(76)17(85)13-9-6-4-3-5-8-12-16(84)82-14-10-7-11-15-82/h76-77H,3-15H2,1-2H3/t76-,77+,80?,81?. The SMILES string of the molecule is COC(=O)[C@@H]1N(C(=O)CCCCCCCCC(=O)N2CCCCC2)[C@H](C(=O)OC)C23c4c5c6c7c8c9c(c%10c%11c2c2c4c4c%12c5c5c6c6c8c8c%13c9c9c%10c%10c%11c%11c2c2c4c4c%12c%12c5c5c6c8c6c8c%13c9c9c%10c%10c%11c2c2c4c4c%12c5c6c5c8c9c%10c2c45)C713. The Bertz CT molecular complexity index is 7320. The molecule has 0 saturated carbocycles. The Labute approximate surface area is 493 Å². The van der Waals surface area contributed by atoms with Crippen LogP contribution in [0, 0.1) is 0 Å². The Hall–Kier alpha value is -9.66. The number of unbranched alkanes of at least 4 members (excludes halogenated alkanes) is 5. The van der Waals surface area contributed by atoms with Crippen LogP contribution in [0.4, 0.5) is 0 Å². The molecular weight excluding hydrogens is 1100 g/mol. The first-order valence-corrected chi connectivity index (χ1v) is 33.5. The number of likely N-dealkylation sites (tertiary alicyclic amines) is 2. The highest BCUT2D eigenvalue weighted by atomic mass is 16.5. The molecule has 0 aromatic heterocycles. The van der Waals surface area contributed by atoms with Gasteiger partial charge in [-0.25, -0.2) is 9.59 Å². The number of esters is 2. The molecule has 34 rings (SSSR count). The second-order valence-corrected chi connectivity index (χ2v) is 31.1. The molecule has 0 radical (unpaired) electrons. The van der Waals surface area contributed by atoms with Crippen LogP contribution in [-0.4, -0.2) is 72.9 Å². The van der Waals surface area contributed by atoms with Gasteiger partial charge in [-0.2, -0.15) is 0 Å². The van der Waals surface area contributed by atoms with Crippen molar-refractivity contribution in [3.05, 3.63) is 22.3 Å². The molecule has 0 unspecified atom stereocenters. The molecule has 28 aromatic carbocycles. The van der Waals surface area contributed by atoms with E-state index in [1.807, 2.05) is 4.90 Å². The number of amides is 2. The molecule has 2 atom stereocenters. The molecule has 2 amide bonds. The van der Waals surface area contributed by atoms with Gasteiger partial charge in [0.1, 0.15) is 12.1 Å². The summed E-state index contributed by atoms with van der Waals surface area (Å²) in [5.41, 5.74) is 2.26. The first-order chi connectivity index (χ1) is 44.0. The predicted molar refractivity (Wildman–Crippen MR) is 360 cm³/mol. The number of benzene rings is 18. The third-order valence-electron chi connectivity index (χ3n) is 29.7. The van der Waals surface area contributed by atoms with Crippen molar-refractivity contribution in [1.82, 2.24) is 9.80 Å². The molecular formula is C81H34N2O6. The number of piperidine rings is 1. The Morgan fingerprint density at radius 2 is 0.472 bits per heavy atom. The van der Waals surface area contributed by atoms with Crippen molar-refractivity contribution in [1.29, 1.82) is 0 Å². The second-order valence-electron chi connectivity index (χ2n) is 31.1. The summed E-state index contributed by atoms with van der Waals surface area (Å²) < 4.78 is 12.9. The lowest BCUT2D eigenvalue weighted by atomic mass is 9.46. The van der Waals surface area contributed by atoms with Crippen LogP contribution in [0.15, 0.2) is 0 Å². The maximum atomic E-state index is 16.8. The summed E-state index contributed by atoms with van der Waals surface area (Å²) in [5.74, 6) is -0.764. The largest absolute Gasteiger partial charge is 0.467 e. The van der Waals surface area contributed by atoms with E-state index in [4.69, 9.17) is 9.47 Å². The van der Waals surface area contributed by atoms with Gasteiger partial charge in [0.2, 0.25) is 11.8 Å². The number of hydrogen-bond acceptors (Lipinski definition) is 6. The molecule has 0 bridgehead atoms. The van der Waals surface area contributed by atoms with E-state index < -0.39 is 34.9 Å². The summed E-state index contributed by atoms with van der Waals surface area (Å²) in [4.78, 5) is 67.3. The molecule has 2 heterocycles. The number of hydrogen-bond donors (Lipinski definition) is 0. The molecule has 2 saturated heterocycles. The molecule has 8 heteroatoms. The molecule has 4 aliphatic carbocycles. The smallest absolute Gasteiger partial charge is 0.329 e. The third-order valence-corrected chi connectivity index (χ3v) is 29.7. The lowest BCUT2D eigenvalue weighted by Gasteiger charge is -2.51. The van der Waals surface area contributed by atoms with Crippen LogP contribution in [0.3, 0.4) is 0 Å². The van der Waals surface area contributed by atoms with E-state index in [1.54, 1.807) is 10.8 Å². The molecule has 8 nitrogen and oxygen atoms in total. The number of carbonyl (C=O) groups excluding carboxylic acids is 4. The van der Waals surface area contributed by atoms with Gasteiger partial charge >= 0.3 is 11.9 Å². The molecule has 6 aliphatic rings. The van der Waals surface area contributed by atoms with E-state index in [9.17, 15) is 4.79 Å². The number of methoxy groups -OCH3 is 2. The van der Waals surface area contributed by atoms with Gasteiger partial charge in [-0.05, 0) is 345 Å². The van der Waals surface area contributed by atoms with E-state index in [0.29, 0.717) is 18.7 Å². The van der Waals surface area contributed by atoms with Gasteiger partial charge in [-0.15, -0.1) is 0 Å². The highest BCUT2D eigenvalue weighted by Gasteiger charge is 2.83. The topological polar surface area (TPSA) is 93.2 Å². The summed E-state index contributed by atoms with van der Waals surface area (Å²) in [6, 6.07) is -2.37. The van der Waals surface area contributed by atoms with E-state index >= 15 is 14.4 Å². The summed E-state index contributed by atoms with van der Waals surface area (Å²) in [5, 5.41) is 77.4. The average molecular weight is 1130 g/mol. The third kappa shape index (κ3) is 2.56. The van der Waals surface area contributed by atoms with Gasteiger partial charge < -0.3 is 19.3 Å². The van der Waals surface area contributed by atoms with E-state index in [0.717, 1.165) is 58.0 Å². The minimum absolute atomic E-state index is 0.167. The van der Waals surface area contributed by atoms with Crippen LogP contribution >= 0.6 is 0 Å². The van der Waals surface area contributed by atoms with Crippen molar-refractivity contribution in [3.63, 3.8) is 0 Å². The van der Waals surface area contributed by atoms with Crippen molar-refractivity contribution in [2.75, 3.05) is 27.3 Å². The molecule has 404 valence electrons. The van der Waals surface area contributed by atoms with Crippen molar-refractivity contribution >= 4 is 315 Å². The number of rotatable bonds is 11. The van der Waals surface area contributed by atoms with E-state index in [1.165, 1.54) is 323 Å². The minimum atomic E-state index is -1.27. The van der Waals surface area contributed by atoms with Gasteiger partial charge in [0.25, 0.3) is 0 Å². The van der Waals surface area contributed by atoms with E-state index in [-0.39, 0.29) is 12.3 Å². The first kappa shape index (κ1) is 39.3. The summed E-state index contributed by atoms with van der Waals surface area (Å²) in [6.45, 7) is 1.78. The predicted octanol–water partition coefficient (Wildman–Crippen LogP) is 18.4. The van der Waals surface area contributed by atoms with Gasteiger partial charge in [-0.3, -0.25) is 9.59 Å². The lowest BCUT2D eigenvalue weighted by molar-refractivity contribution is -0.159. The lowest BCUT2D eigenvalue weighted by Crippen LogP contribution is -2.59. The van der Waals surface area contributed by atoms with E-state index in [2.05, 4.69) is 4.90 Å². The highest BCUT2D eigenvalue weighted by molar-refractivity contribution is 6.82. The monoisotopic (exact) mass is 1130 g/mol. The average Bonchev–Trinajstić information content (AvgIpc) is 1.38. The zero-order valence-corrected chi connectivity index (χ0v) is 47.7. The fraction of sp³-hybridized carbons (Fsp3) is 0.235. The maximum absolute atomic E-state index is 16.8. The van der Waals surface area contributed by atoms with Crippen molar-refractivity contribution < 1.29 is 28.7 Å². The molecule has 0 N–H and O–H groups in total. The van der Waals surface area contributed by atoms with Gasteiger partial charge in [-0.1, -0.05) is 25.7 Å². The van der Waals surface area contributed by atoms with Gasteiger partial charge in [0.15, 0.2) is 0 Å². The Balaban J connectivity index is 0.818. The summed E-state index contributed by atoms with van der Waals surface area (Å²) in [6.07, 6.45) is 9.48. The fourth-order valence-electron chi connectivity index (χ4n) is 28.7. The zero-order chi connectivity index (χ0) is 55.7. The van der Waals surface area contributed by atoms with Gasteiger partial charge in [0, 0.05) is 25.9 Å². The number of carbonyl (C=O) groups is 4. The maximum Gasteiger partial charge on any atom is 0.329 e. The number of ether oxygens (including phenoxy) is 2. The second kappa shape index (κ2) is 10.1. The van der Waals surface area contributed by atoms with Crippen LogP contribution in [-0.2, 0) is 39.5 Å². The Morgan fingerprint density at radius 3 is 0.685 bits per heavy atom. The zero-order valence-electron chi connectivity index (χ0n) is 47.7. The minimum Gasteiger partial charge on any atom is -0.467 e. The Morgan fingerprint density at radius 1 is 0.281 bits per heavy atom. The molecule has 2 fully saturated rings. The molecule has 28 aromatic rings. The Kier molecular flexibility index (Phi) is 4.46. The van der Waals surface area contributed by atoms with Crippen molar-refractivity contribution in [2.45, 2.75) is 93.5 Å². The number of nitrogens with zero attached hydrogens (tertiary/aromatic N) is 2. The summed E-state index contributed by atoms with van der Waals surface area (Å²) >= 11 is 0. The molecule has 2 spiro atoms. The summed E-state index contributed by atoms with van der Waals surface area (Å²) in [7, 11) is 3.07. The van der Waals surface area contributed by atoms with Crippen LogP contribution in [0.25, 0.3) is 291 Å². The normalized spacial score (nSPS) is 22.9. The van der Waals surface area contributed by atoms with Crippen LogP contribution in [0.5, 0.6) is 0 Å². The molecule has 89 heavy (non-hydrogen) atoms. The van der Waals surface area contributed by atoms with Crippen LogP contribution in [0.1, 0.15) is 92.9 Å². The van der Waals surface area contributed by atoms with Crippen LogP contribution < -0.4 is 0 Å². The van der Waals surface area contributed by atoms with Crippen LogP contribution in [0.2, 0.25) is 0 Å².